The van der Waals surface area contributed by atoms with Gasteiger partial charge in [-0.3, -0.25) is 4.79 Å². The zero-order valence-corrected chi connectivity index (χ0v) is 9.39. The molecule has 2 atom stereocenters. The summed E-state index contributed by atoms with van der Waals surface area (Å²) in [6.45, 7) is 1.50. The molecule has 0 spiro atoms. The highest BCUT2D eigenvalue weighted by atomic mass is 16.5. The lowest BCUT2D eigenvalue weighted by atomic mass is 9.79. The van der Waals surface area contributed by atoms with E-state index in [9.17, 15) is 14.7 Å². The van der Waals surface area contributed by atoms with E-state index in [1.807, 2.05) is 0 Å². The molecule has 0 aromatic carbocycles. The first-order valence-electron chi connectivity index (χ1n) is 4.71. The molecule has 0 amide bonds. The van der Waals surface area contributed by atoms with Gasteiger partial charge in [-0.15, -0.1) is 0 Å². The molecule has 1 rings (SSSR count). The second-order valence-corrected chi connectivity index (χ2v) is 3.67. The molecule has 0 bridgehead atoms. The van der Waals surface area contributed by atoms with Crippen molar-refractivity contribution in [3.05, 3.63) is 23.8 Å². The second-order valence-electron chi connectivity index (χ2n) is 3.67. The predicted octanol–water partition coefficient (Wildman–Crippen LogP) is 0.196. The highest BCUT2D eigenvalue weighted by Crippen LogP contribution is 2.31. The molecule has 0 heterocycles. The predicted molar refractivity (Wildman–Crippen MR) is 55.4 cm³/mol. The fourth-order valence-corrected chi connectivity index (χ4v) is 1.50. The van der Waals surface area contributed by atoms with Crippen molar-refractivity contribution in [3.63, 3.8) is 0 Å². The van der Waals surface area contributed by atoms with Gasteiger partial charge in [-0.05, 0) is 13.0 Å². The Bertz CT molecular complexity index is 369. The van der Waals surface area contributed by atoms with Crippen LogP contribution < -0.4 is 0 Å². The first kappa shape index (κ1) is 12.4. The normalized spacial score (nSPS) is 28.2. The van der Waals surface area contributed by atoms with Crippen molar-refractivity contribution in [1.82, 2.24) is 0 Å². The molecule has 1 N–H and O–H groups in total. The van der Waals surface area contributed by atoms with Gasteiger partial charge in [0.2, 0.25) is 0 Å². The Hall–Kier alpha value is -1.62. The smallest absolute Gasteiger partial charge is 0.337 e. The van der Waals surface area contributed by atoms with Crippen LogP contribution in [-0.2, 0) is 19.1 Å². The lowest BCUT2D eigenvalue weighted by molar-refractivity contribution is -0.153. The molecule has 16 heavy (non-hydrogen) atoms. The molecular weight excluding hydrogens is 212 g/mol. The van der Waals surface area contributed by atoms with Crippen LogP contribution in [0.5, 0.6) is 0 Å². The molecule has 5 heteroatoms. The number of aliphatic hydroxyl groups excluding tert-OH is 1. The molecule has 2 unspecified atom stereocenters. The van der Waals surface area contributed by atoms with Crippen LogP contribution in [0.4, 0.5) is 0 Å². The third-order valence-electron chi connectivity index (χ3n) is 2.57. The molecule has 0 saturated heterocycles. The Labute approximate surface area is 93.3 Å². The zero-order valence-electron chi connectivity index (χ0n) is 9.39. The van der Waals surface area contributed by atoms with Crippen molar-refractivity contribution in [1.29, 1.82) is 0 Å². The SMILES string of the molecule is COC(=O)C1=CC(C)(C(=O)OC)C(O)C=C1. The fraction of sp³-hybridized carbons (Fsp3) is 0.455. The lowest BCUT2D eigenvalue weighted by Gasteiger charge is -2.29. The van der Waals surface area contributed by atoms with Crippen molar-refractivity contribution in [3.8, 4) is 0 Å². The summed E-state index contributed by atoms with van der Waals surface area (Å²) in [7, 11) is 2.47. The average molecular weight is 226 g/mol. The van der Waals surface area contributed by atoms with Gasteiger partial charge in [0.25, 0.3) is 0 Å². The molecule has 0 radical (unpaired) electrons. The minimum atomic E-state index is -1.26. The molecule has 1 aliphatic carbocycles. The van der Waals surface area contributed by atoms with E-state index >= 15 is 0 Å². The number of hydrogen-bond acceptors (Lipinski definition) is 5. The van der Waals surface area contributed by atoms with E-state index in [1.165, 1.54) is 39.4 Å². The van der Waals surface area contributed by atoms with Crippen LogP contribution in [0, 0.1) is 5.41 Å². The van der Waals surface area contributed by atoms with Crippen molar-refractivity contribution >= 4 is 11.9 Å². The molecule has 0 saturated carbocycles. The number of rotatable bonds is 2. The first-order chi connectivity index (χ1) is 7.45. The van der Waals surface area contributed by atoms with Crippen LogP contribution >= 0.6 is 0 Å². The summed E-state index contributed by atoms with van der Waals surface area (Å²) in [4.78, 5) is 22.8. The van der Waals surface area contributed by atoms with Crippen molar-refractivity contribution in [2.45, 2.75) is 13.0 Å². The van der Waals surface area contributed by atoms with Crippen molar-refractivity contribution in [2.24, 2.45) is 5.41 Å². The van der Waals surface area contributed by atoms with Gasteiger partial charge in [-0.1, -0.05) is 12.2 Å². The minimum Gasteiger partial charge on any atom is -0.468 e. The maximum atomic E-state index is 11.5. The van der Waals surface area contributed by atoms with Crippen LogP contribution in [0.1, 0.15) is 6.92 Å². The first-order valence-corrected chi connectivity index (χ1v) is 4.71. The van der Waals surface area contributed by atoms with Gasteiger partial charge in [-0.25, -0.2) is 4.79 Å². The van der Waals surface area contributed by atoms with E-state index in [2.05, 4.69) is 9.47 Å². The van der Waals surface area contributed by atoms with Gasteiger partial charge in [0.05, 0.1) is 25.9 Å². The van der Waals surface area contributed by atoms with Crippen molar-refractivity contribution in [2.75, 3.05) is 14.2 Å². The molecule has 0 fully saturated rings. The minimum absolute atomic E-state index is 0.223. The quantitative estimate of drug-likeness (QED) is 0.681. The fourth-order valence-electron chi connectivity index (χ4n) is 1.50. The van der Waals surface area contributed by atoms with Crippen molar-refractivity contribution < 1.29 is 24.2 Å². The summed E-state index contributed by atoms with van der Waals surface area (Å²) in [5.74, 6) is -1.16. The third kappa shape index (κ3) is 1.99. The highest BCUT2D eigenvalue weighted by molar-refractivity contribution is 5.94. The number of esters is 2. The molecular formula is C11H14O5. The molecule has 0 aromatic heterocycles. The number of methoxy groups -OCH3 is 2. The molecule has 1 aliphatic rings. The zero-order chi connectivity index (χ0) is 12.3. The lowest BCUT2D eigenvalue weighted by Crippen LogP contribution is -2.40. The van der Waals surface area contributed by atoms with Crippen LogP contribution in [0.15, 0.2) is 23.8 Å². The summed E-state index contributed by atoms with van der Waals surface area (Å²) >= 11 is 0. The topological polar surface area (TPSA) is 72.8 Å². The summed E-state index contributed by atoms with van der Waals surface area (Å²) in [5.41, 5.74) is -1.03. The molecule has 88 valence electrons. The summed E-state index contributed by atoms with van der Waals surface area (Å²) in [6, 6.07) is 0. The monoisotopic (exact) mass is 226 g/mol. The Morgan fingerprint density at radius 3 is 2.50 bits per heavy atom. The number of carbonyl (C=O) groups excluding carboxylic acids is 2. The number of ether oxygens (including phenoxy) is 2. The average Bonchev–Trinajstić information content (AvgIpc) is 2.30. The van der Waals surface area contributed by atoms with Gasteiger partial charge >= 0.3 is 11.9 Å². The summed E-state index contributed by atoms with van der Waals surface area (Å²) in [5, 5.41) is 9.72. The van der Waals surface area contributed by atoms with Gasteiger partial charge in [0.1, 0.15) is 5.41 Å². The maximum Gasteiger partial charge on any atom is 0.337 e. The second kappa shape index (κ2) is 4.49. The van der Waals surface area contributed by atoms with Crippen LogP contribution in [-0.4, -0.2) is 37.4 Å². The van der Waals surface area contributed by atoms with Crippen LogP contribution in [0.2, 0.25) is 0 Å². The molecule has 5 nitrogen and oxygen atoms in total. The van der Waals surface area contributed by atoms with E-state index in [0.29, 0.717) is 0 Å². The third-order valence-corrected chi connectivity index (χ3v) is 2.57. The van der Waals surface area contributed by atoms with E-state index in [0.717, 1.165) is 0 Å². The van der Waals surface area contributed by atoms with Crippen LogP contribution in [0.3, 0.4) is 0 Å². The standard InChI is InChI=1S/C11H14O5/c1-11(10(14)16-3)6-7(9(13)15-2)4-5-8(11)12/h4-6,8,12H,1-3H3. The molecule has 0 aromatic rings. The van der Waals surface area contributed by atoms with E-state index in [1.54, 1.807) is 0 Å². The van der Waals surface area contributed by atoms with E-state index < -0.39 is 23.5 Å². The largest absolute Gasteiger partial charge is 0.468 e. The van der Waals surface area contributed by atoms with E-state index in [-0.39, 0.29) is 5.57 Å². The maximum absolute atomic E-state index is 11.5. The van der Waals surface area contributed by atoms with Gasteiger partial charge < -0.3 is 14.6 Å². The van der Waals surface area contributed by atoms with Crippen LogP contribution in [0.25, 0.3) is 0 Å². The highest BCUT2D eigenvalue weighted by Gasteiger charge is 2.41. The number of carbonyl (C=O) groups is 2. The summed E-state index contributed by atoms with van der Waals surface area (Å²) < 4.78 is 9.13. The Balaban J connectivity index is 3.10. The Morgan fingerprint density at radius 1 is 1.38 bits per heavy atom. The van der Waals surface area contributed by atoms with Gasteiger partial charge in [0.15, 0.2) is 0 Å². The Kier molecular flexibility index (Phi) is 3.49. The number of hydrogen-bond donors (Lipinski definition) is 1. The summed E-state index contributed by atoms with van der Waals surface area (Å²) in [6.07, 6.45) is 3.12. The molecule has 0 aliphatic heterocycles. The Morgan fingerprint density at radius 2 is 2.00 bits per heavy atom. The number of aliphatic hydroxyl groups is 1. The van der Waals surface area contributed by atoms with Gasteiger partial charge in [0, 0.05) is 0 Å². The van der Waals surface area contributed by atoms with Gasteiger partial charge in [-0.2, -0.15) is 0 Å². The van der Waals surface area contributed by atoms with E-state index in [4.69, 9.17) is 0 Å².